The molecule has 0 aliphatic carbocycles. The van der Waals surface area contributed by atoms with Crippen LogP contribution >= 0.6 is 23.2 Å². The maximum Gasteiger partial charge on any atom is 0.281 e. The molecule has 2 N–H and O–H groups in total. The lowest BCUT2D eigenvalue weighted by molar-refractivity contribution is -0.136. The monoisotopic (exact) mass is 442 g/mol. The SMILES string of the molecule is CCOc1ccc(C=NNC(=O)C(O)(c2ccc(Cl)cc2)c2ccc(Cl)cc2)cc1. The standard InChI is InChI=1S/C23H20Cl2N2O3/c1-2-30-21-13-3-16(4-14-21)15-26-27-22(28)23(29,17-5-9-19(24)10-6-17)18-7-11-20(25)12-8-18/h3-15,29H,2H2,1H3,(H,27,28). The molecule has 3 aromatic rings. The Morgan fingerprint density at radius 1 is 0.967 bits per heavy atom. The summed E-state index contributed by atoms with van der Waals surface area (Å²) >= 11 is 11.9. The van der Waals surface area contributed by atoms with Gasteiger partial charge in [-0.25, -0.2) is 5.43 Å². The first kappa shape index (κ1) is 21.8. The first-order valence-corrected chi connectivity index (χ1v) is 10.00. The summed E-state index contributed by atoms with van der Waals surface area (Å²) in [6.07, 6.45) is 1.48. The molecule has 0 spiro atoms. The third-order valence-corrected chi connectivity index (χ3v) is 4.93. The molecule has 1 amide bonds. The largest absolute Gasteiger partial charge is 0.494 e. The molecule has 5 nitrogen and oxygen atoms in total. The van der Waals surface area contributed by atoms with Crippen LogP contribution in [0.5, 0.6) is 5.75 Å². The van der Waals surface area contributed by atoms with Crippen LogP contribution in [0.3, 0.4) is 0 Å². The van der Waals surface area contributed by atoms with Gasteiger partial charge in [-0.2, -0.15) is 5.10 Å². The molecule has 0 unspecified atom stereocenters. The van der Waals surface area contributed by atoms with Crippen molar-refractivity contribution in [3.05, 3.63) is 99.5 Å². The molecule has 7 heteroatoms. The Morgan fingerprint density at radius 3 is 1.93 bits per heavy atom. The molecule has 0 fully saturated rings. The molecule has 0 saturated carbocycles. The van der Waals surface area contributed by atoms with Crippen molar-refractivity contribution in [2.75, 3.05) is 6.61 Å². The van der Waals surface area contributed by atoms with Crippen molar-refractivity contribution in [3.8, 4) is 5.75 Å². The Morgan fingerprint density at radius 2 is 1.47 bits per heavy atom. The maximum atomic E-state index is 13.0. The fraction of sp³-hybridized carbons (Fsp3) is 0.130. The Hall–Kier alpha value is -2.86. The van der Waals surface area contributed by atoms with Crippen molar-refractivity contribution in [2.45, 2.75) is 12.5 Å². The van der Waals surface area contributed by atoms with Gasteiger partial charge in [-0.3, -0.25) is 4.79 Å². The summed E-state index contributed by atoms with van der Waals surface area (Å²) in [4.78, 5) is 13.0. The van der Waals surface area contributed by atoms with Crippen molar-refractivity contribution < 1.29 is 14.6 Å². The highest BCUT2D eigenvalue weighted by atomic mass is 35.5. The quantitative estimate of drug-likeness (QED) is 0.408. The number of carbonyl (C=O) groups excluding carboxylic acids is 1. The van der Waals surface area contributed by atoms with Gasteiger partial charge in [0.1, 0.15) is 5.75 Å². The normalized spacial score (nSPS) is 11.5. The summed E-state index contributed by atoms with van der Waals surface area (Å²) in [6.45, 7) is 2.49. The number of halogens is 2. The van der Waals surface area contributed by atoms with Gasteiger partial charge in [0.15, 0.2) is 5.60 Å². The van der Waals surface area contributed by atoms with Crippen molar-refractivity contribution >= 4 is 35.3 Å². The molecule has 0 aliphatic heterocycles. The van der Waals surface area contributed by atoms with Gasteiger partial charge in [0, 0.05) is 10.0 Å². The molecule has 0 aromatic heterocycles. The molecule has 0 heterocycles. The van der Waals surface area contributed by atoms with E-state index in [4.69, 9.17) is 27.9 Å². The highest BCUT2D eigenvalue weighted by molar-refractivity contribution is 6.30. The first-order chi connectivity index (χ1) is 14.4. The van der Waals surface area contributed by atoms with E-state index in [0.717, 1.165) is 11.3 Å². The summed E-state index contributed by atoms with van der Waals surface area (Å²) in [6, 6.07) is 20.0. The lowest BCUT2D eigenvalue weighted by atomic mass is 9.85. The second-order valence-electron chi connectivity index (χ2n) is 6.43. The zero-order valence-corrected chi connectivity index (χ0v) is 17.7. The van der Waals surface area contributed by atoms with Gasteiger partial charge in [-0.05, 0) is 72.1 Å². The van der Waals surface area contributed by atoms with Gasteiger partial charge >= 0.3 is 0 Å². The topological polar surface area (TPSA) is 70.9 Å². The van der Waals surface area contributed by atoms with E-state index >= 15 is 0 Å². The molecule has 0 bridgehead atoms. The molecule has 154 valence electrons. The smallest absolute Gasteiger partial charge is 0.281 e. The highest BCUT2D eigenvalue weighted by Crippen LogP contribution is 2.31. The average Bonchev–Trinajstić information content (AvgIpc) is 2.75. The number of ether oxygens (including phenoxy) is 1. The van der Waals surface area contributed by atoms with Crippen LogP contribution in [-0.4, -0.2) is 23.8 Å². The lowest BCUT2D eigenvalue weighted by Crippen LogP contribution is -2.43. The predicted molar refractivity (Wildman–Crippen MR) is 119 cm³/mol. The van der Waals surface area contributed by atoms with Crippen molar-refractivity contribution in [3.63, 3.8) is 0 Å². The van der Waals surface area contributed by atoms with Crippen LogP contribution in [0, 0.1) is 0 Å². The van der Waals surface area contributed by atoms with Gasteiger partial charge in [-0.15, -0.1) is 0 Å². The molecule has 3 aromatic carbocycles. The summed E-state index contributed by atoms with van der Waals surface area (Å²) in [5, 5.41) is 16.4. The van der Waals surface area contributed by atoms with E-state index in [2.05, 4.69) is 10.5 Å². The first-order valence-electron chi connectivity index (χ1n) is 9.24. The van der Waals surface area contributed by atoms with E-state index in [1.807, 2.05) is 31.2 Å². The number of hydrogen-bond donors (Lipinski definition) is 2. The summed E-state index contributed by atoms with van der Waals surface area (Å²) in [7, 11) is 0. The molecular weight excluding hydrogens is 423 g/mol. The minimum atomic E-state index is -1.98. The molecule has 0 aliphatic rings. The predicted octanol–water partition coefficient (Wildman–Crippen LogP) is 4.78. The van der Waals surface area contributed by atoms with E-state index in [-0.39, 0.29) is 0 Å². The number of amides is 1. The Kier molecular flexibility index (Phi) is 7.11. The van der Waals surface area contributed by atoms with E-state index in [9.17, 15) is 9.90 Å². The van der Waals surface area contributed by atoms with Crippen LogP contribution in [0.25, 0.3) is 0 Å². The second-order valence-corrected chi connectivity index (χ2v) is 7.30. The third kappa shape index (κ3) is 5.00. The number of hydrazone groups is 1. The number of aliphatic hydroxyl groups is 1. The third-order valence-electron chi connectivity index (χ3n) is 4.42. The minimum absolute atomic E-state index is 0.350. The zero-order chi connectivity index (χ0) is 21.6. The van der Waals surface area contributed by atoms with Gasteiger partial charge in [0.05, 0.1) is 12.8 Å². The number of nitrogens with one attached hydrogen (secondary N) is 1. The van der Waals surface area contributed by atoms with Gasteiger partial charge in [0.2, 0.25) is 0 Å². The summed E-state index contributed by atoms with van der Waals surface area (Å²) in [5.74, 6) is 0.0351. The minimum Gasteiger partial charge on any atom is -0.494 e. The summed E-state index contributed by atoms with van der Waals surface area (Å²) in [5.41, 5.74) is 1.90. The molecule has 0 saturated heterocycles. The molecule has 3 rings (SSSR count). The van der Waals surface area contributed by atoms with Crippen molar-refractivity contribution in [1.29, 1.82) is 0 Å². The van der Waals surface area contributed by atoms with Gasteiger partial charge < -0.3 is 9.84 Å². The van der Waals surface area contributed by atoms with E-state index in [0.29, 0.717) is 27.8 Å². The Balaban J connectivity index is 1.85. The van der Waals surface area contributed by atoms with Crippen molar-refractivity contribution in [1.82, 2.24) is 5.43 Å². The lowest BCUT2D eigenvalue weighted by Gasteiger charge is -2.27. The van der Waals surface area contributed by atoms with Gasteiger partial charge in [0.25, 0.3) is 5.91 Å². The van der Waals surface area contributed by atoms with E-state index in [1.54, 1.807) is 48.5 Å². The van der Waals surface area contributed by atoms with Gasteiger partial charge in [-0.1, -0.05) is 47.5 Å². The molecule has 30 heavy (non-hydrogen) atoms. The maximum absolute atomic E-state index is 13.0. The summed E-state index contributed by atoms with van der Waals surface area (Å²) < 4.78 is 5.40. The molecule has 0 atom stereocenters. The Bertz CT molecular complexity index is 972. The van der Waals surface area contributed by atoms with Crippen LogP contribution < -0.4 is 10.2 Å². The van der Waals surface area contributed by atoms with E-state index in [1.165, 1.54) is 6.21 Å². The number of nitrogens with zero attached hydrogens (tertiary/aromatic N) is 1. The van der Waals surface area contributed by atoms with Crippen LogP contribution in [-0.2, 0) is 10.4 Å². The van der Waals surface area contributed by atoms with Crippen LogP contribution in [0.1, 0.15) is 23.6 Å². The number of carbonyl (C=O) groups is 1. The number of hydrogen-bond acceptors (Lipinski definition) is 4. The molecule has 0 radical (unpaired) electrons. The van der Waals surface area contributed by atoms with Crippen molar-refractivity contribution in [2.24, 2.45) is 5.10 Å². The second kappa shape index (κ2) is 9.76. The van der Waals surface area contributed by atoms with E-state index < -0.39 is 11.5 Å². The number of rotatable bonds is 7. The highest BCUT2D eigenvalue weighted by Gasteiger charge is 2.40. The zero-order valence-electron chi connectivity index (χ0n) is 16.2. The van der Waals surface area contributed by atoms with Crippen LogP contribution in [0.15, 0.2) is 77.9 Å². The Labute approximate surface area is 184 Å². The fourth-order valence-corrected chi connectivity index (χ4v) is 3.13. The van der Waals surface area contributed by atoms with Crippen LogP contribution in [0.4, 0.5) is 0 Å². The number of benzene rings is 3. The average molecular weight is 443 g/mol. The van der Waals surface area contributed by atoms with Crippen LogP contribution in [0.2, 0.25) is 10.0 Å². The fourth-order valence-electron chi connectivity index (χ4n) is 2.87. The molecular formula is C23H20Cl2N2O3.